The number of aryl methyl sites for hydroxylation is 6. The molecular formula is C83H83BrCl4N22O7. The molecule has 0 radical (unpaired) electrons. The molecule has 117 heavy (non-hydrogen) atoms. The maximum atomic E-state index is 12.7. The molecule has 0 unspecified atom stereocenters. The van der Waals surface area contributed by atoms with Crippen molar-refractivity contribution in [2.75, 3.05) is 16.4 Å². The van der Waals surface area contributed by atoms with E-state index in [1.54, 1.807) is 101 Å². The molecule has 9 aromatic heterocycles. The lowest BCUT2D eigenvalue weighted by Crippen LogP contribution is -2.28. The zero-order valence-electron chi connectivity index (χ0n) is 65.9. The van der Waals surface area contributed by atoms with Gasteiger partial charge in [-0.15, -0.1) is 16.6 Å². The first-order valence-electron chi connectivity index (χ1n) is 36.1. The number of azide groups is 1. The topological polar surface area (TPSA) is 390 Å². The van der Waals surface area contributed by atoms with E-state index >= 15 is 0 Å². The predicted octanol–water partition coefficient (Wildman–Crippen LogP) is 17.6. The van der Waals surface area contributed by atoms with Crippen LogP contribution in [-0.4, -0.2) is 106 Å². The highest BCUT2D eigenvalue weighted by Gasteiger charge is 2.21. The monoisotopic (exact) mass is 1720 g/mol. The first-order valence-corrected chi connectivity index (χ1v) is 38.8. The fraction of sp³-hybridized carbons (Fsp3) is 0.253. The average Bonchev–Trinajstić information content (AvgIpc) is 1.82. The first kappa shape index (κ1) is 88.5. The van der Waals surface area contributed by atoms with Crippen LogP contribution >= 0.6 is 62.3 Å². The summed E-state index contributed by atoms with van der Waals surface area (Å²) >= 11 is 27.2. The Bertz CT molecular complexity index is 5870. The van der Waals surface area contributed by atoms with E-state index < -0.39 is 29.3 Å². The van der Waals surface area contributed by atoms with E-state index in [-0.39, 0.29) is 36.3 Å². The van der Waals surface area contributed by atoms with Gasteiger partial charge in [-0.3, -0.25) is 45.0 Å². The standard InChI is InChI=1S/C26H28ClN7O3.C21H20ClN7O.C16H21N3O3.C10H7BrClN.C10H7ClN4/c1-15-10-23(31-25(36)37-26(3,4)5)29-16(2)20(15)12-28-24(35)22-14-34(33-32-22)13-19-9-7-17-6-8-18(27)11-21(17)30-19;1-12-7-20(23)25-13(2)17(12)9-24-21(30)19-11-29(28-27-19)10-16-6-4-14-3-5-15(22)8-18(14)26-16;1-7-14(20)17-9-12-10(2)8-13(18-11(12)3)19-15(21)22-16(4,5)6;11-6-9-4-2-7-1-3-8(12)5-10(7)13-9;11-8-3-1-7-2-4-9(6-13-15-12)14-10(7)5-8/h6-11,14H,12-13H2,1-5H3,(H,28,35)(H,29,31,36);3-8,11H,9-10H2,1-2H3,(H2,23,25)(H,24,30);1,8H,9H2,2-6H3,(H,17,20)(H,18,19,21);1-5H,6H2;1-5H,6H2. The molecule has 602 valence electrons. The molecule has 0 bridgehead atoms. The van der Waals surface area contributed by atoms with Gasteiger partial charge in [0.1, 0.15) is 28.7 Å². The van der Waals surface area contributed by atoms with Crippen LogP contribution in [0.4, 0.5) is 27.0 Å². The Labute approximate surface area is 702 Å². The summed E-state index contributed by atoms with van der Waals surface area (Å²) in [4.78, 5) is 93.7. The normalized spacial score (nSPS) is 10.9. The number of fused-ring (bicyclic) bond motifs is 4. The molecular weight excluding hydrogens is 1640 g/mol. The summed E-state index contributed by atoms with van der Waals surface area (Å²) in [6.07, 6.45) is 7.03. The van der Waals surface area contributed by atoms with Crippen molar-refractivity contribution in [1.29, 1.82) is 0 Å². The van der Waals surface area contributed by atoms with Gasteiger partial charge in [0.2, 0.25) is 0 Å². The van der Waals surface area contributed by atoms with Crippen molar-refractivity contribution in [3.8, 4) is 12.3 Å². The minimum atomic E-state index is -0.611. The number of anilines is 3. The average molecular weight is 1720 g/mol. The second-order valence-electron chi connectivity index (χ2n) is 28.3. The predicted molar refractivity (Wildman–Crippen MR) is 459 cm³/mol. The summed E-state index contributed by atoms with van der Waals surface area (Å²) in [7, 11) is 0. The SMILES string of the molecule is C#CC(=O)NCc1c(C)cc(NC(=O)OC(C)(C)C)nc1C.Cc1cc(N)nc(C)c1CNC(=O)c1cn(Cc2ccc3ccc(Cl)cc3n2)nn1.Cc1cc(NC(=O)OC(C)(C)C)nc(C)c1CNC(=O)c1cn(Cc2ccc3ccc(Cl)cc3n2)nn1.Clc1ccc2ccc(CBr)nc2c1.[N-]=[N+]=NCc1ccc2ccc(Cl)cc2n1. The fourth-order valence-corrected chi connectivity index (χ4v) is 12.3. The number of halogens is 5. The summed E-state index contributed by atoms with van der Waals surface area (Å²) in [6, 6.07) is 43.2. The van der Waals surface area contributed by atoms with Crippen molar-refractivity contribution in [2.45, 2.75) is 139 Å². The lowest BCUT2D eigenvalue weighted by molar-refractivity contribution is -0.115. The number of nitrogens with one attached hydrogen (secondary N) is 5. The smallest absolute Gasteiger partial charge is 0.413 e. The van der Waals surface area contributed by atoms with Gasteiger partial charge in [0.05, 0.1) is 71.2 Å². The van der Waals surface area contributed by atoms with Gasteiger partial charge < -0.3 is 31.2 Å². The maximum absolute atomic E-state index is 12.7. The van der Waals surface area contributed by atoms with E-state index in [9.17, 15) is 24.0 Å². The molecule has 0 saturated heterocycles. The molecule has 0 atom stereocenters. The third-order valence-corrected chi connectivity index (χ3v) is 18.3. The summed E-state index contributed by atoms with van der Waals surface area (Å²) in [5.41, 5.74) is 27.4. The van der Waals surface area contributed by atoms with Gasteiger partial charge in [0, 0.05) is 94.3 Å². The van der Waals surface area contributed by atoms with Crippen molar-refractivity contribution >= 4 is 153 Å². The lowest BCUT2D eigenvalue weighted by atomic mass is 10.1. The molecule has 0 spiro atoms. The molecule has 0 aliphatic carbocycles. The number of rotatable bonds is 17. The molecule has 4 aromatic carbocycles. The highest BCUT2D eigenvalue weighted by Crippen LogP contribution is 2.26. The van der Waals surface area contributed by atoms with Crippen molar-refractivity contribution in [3.63, 3.8) is 0 Å². The summed E-state index contributed by atoms with van der Waals surface area (Å²) in [5, 5.41) is 40.6. The van der Waals surface area contributed by atoms with Crippen LogP contribution in [0.15, 0.2) is 157 Å². The Hall–Kier alpha value is -12.5. The molecule has 9 heterocycles. The number of benzene rings is 4. The number of aromatic nitrogens is 13. The molecule has 29 nitrogen and oxygen atoms in total. The quantitative estimate of drug-likeness (QED) is 0.0162. The van der Waals surface area contributed by atoms with Gasteiger partial charge in [0.15, 0.2) is 11.4 Å². The Morgan fingerprint density at radius 2 is 0.838 bits per heavy atom. The van der Waals surface area contributed by atoms with E-state index in [2.05, 4.69) is 114 Å². The van der Waals surface area contributed by atoms with Crippen molar-refractivity contribution in [3.05, 3.63) is 267 Å². The number of ether oxygens (including phenoxy) is 2. The molecule has 0 saturated carbocycles. The molecule has 5 amide bonds. The van der Waals surface area contributed by atoms with Crippen molar-refractivity contribution in [2.24, 2.45) is 5.11 Å². The Kier molecular flexibility index (Phi) is 30.8. The Morgan fingerprint density at radius 1 is 0.496 bits per heavy atom. The number of nitrogens with two attached hydrogens (primary N) is 1. The number of nitrogen functional groups attached to an aromatic ring is 1. The zero-order chi connectivity index (χ0) is 84.8. The van der Waals surface area contributed by atoms with Gasteiger partial charge in [-0.2, -0.15) is 0 Å². The van der Waals surface area contributed by atoms with Gasteiger partial charge >= 0.3 is 12.2 Å². The van der Waals surface area contributed by atoms with Crippen molar-refractivity contribution < 1.29 is 33.4 Å². The summed E-state index contributed by atoms with van der Waals surface area (Å²) in [6.45, 7) is 23.8. The number of nitrogens with zero attached hydrogens (tertiary/aromatic N) is 16. The minimum Gasteiger partial charge on any atom is -0.444 e. The summed E-state index contributed by atoms with van der Waals surface area (Å²) < 4.78 is 13.6. The van der Waals surface area contributed by atoms with Crippen LogP contribution in [0.2, 0.25) is 20.1 Å². The molecule has 13 aromatic rings. The zero-order valence-corrected chi connectivity index (χ0v) is 70.6. The second-order valence-corrected chi connectivity index (χ2v) is 30.6. The van der Waals surface area contributed by atoms with E-state index in [4.69, 9.17) is 73.6 Å². The highest BCUT2D eigenvalue weighted by molar-refractivity contribution is 9.08. The van der Waals surface area contributed by atoms with Crippen LogP contribution in [-0.2, 0) is 58.9 Å². The molecule has 0 fully saturated rings. The molecule has 34 heteroatoms. The number of pyridine rings is 7. The van der Waals surface area contributed by atoms with E-state index in [0.29, 0.717) is 70.1 Å². The number of amides is 5. The molecule has 0 aliphatic heterocycles. The van der Waals surface area contributed by atoms with Crippen LogP contribution in [0.3, 0.4) is 0 Å². The number of alkyl halides is 1. The van der Waals surface area contributed by atoms with Gasteiger partial charge in [-0.1, -0.05) is 126 Å². The largest absolute Gasteiger partial charge is 0.444 e. The molecule has 13 rings (SSSR count). The number of hydrogen-bond acceptors (Lipinski definition) is 20. The van der Waals surface area contributed by atoms with Crippen LogP contribution < -0.4 is 32.3 Å². The van der Waals surface area contributed by atoms with E-state index in [1.165, 1.54) is 0 Å². The van der Waals surface area contributed by atoms with Crippen molar-refractivity contribution in [1.82, 2.24) is 80.8 Å². The molecule has 7 N–H and O–H groups in total. The fourth-order valence-electron chi connectivity index (χ4n) is 11.4. The third kappa shape index (κ3) is 27.1. The number of carbonyl (C=O) groups is 5. The van der Waals surface area contributed by atoms with Crippen LogP contribution in [0.25, 0.3) is 54.1 Å². The van der Waals surface area contributed by atoms with Crippen LogP contribution in [0.5, 0.6) is 0 Å². The minimum absolute atomic E-state index is 0.190. The van der Waals surface area contributed by atoms with Gasteiger partial charge in [-0.05, 0) is 219 Å². The molecule has 0 aliphatic rings. The van der Waals surface area contributed by atoms with E-state index in [0.717, 1.165) is 116 Å². The summed E-state index contributed by atoms with van der Waals surface area (Å²) in [5.74, 6) is 2.09. The second kappa shape index (κ2) is 40.7. The number of carbonyl (C=O) groups excluding carboxylic acids is 5. The maximum Gasteiger partial charge on any atom is 0.413 e. The number of hydrogen-bond donors (Lipinski definition) is 6. The number of terminal acetylenes is 1. The Morgan fingerprint density at radius 3 is 1.20 bits per heavy atom. The lowest BCUT2D eigenvalue weighted by Gasteiger charge is -2.20. The third-order valence-electron chi connectivity index (χ3n) is 16.8. The van der Waals surface area contributed by atoms with Gasteiger partial charge in [-0.25, -0.2) is 33.9 Å². The van der Waals surface area contributed by atoms with Crippen LogP contribution in [0, 0.1) is 53.9 Å². The first-order chi connectivity index (χ1) is 55.6. The van der Waals surface area contributed by atoms with Crippen LogP contribution in [0.1, 0.15) is 136 Å². The van der Waals surface area contributed by atoms with Gasteiger partial charge in [0.25, 0.3) is 17.7 Å². The Balaban J connectivity index is 0.000000175. The highest BCUT2D eigenvalue weighted by atomic mass is 79.9. The van der Waals surface area contributed by atoms with E-state index in [1.807, 2.05) is 144 Å².